The molecular formula is C60H121N7O6. The van der Waals surface area contributed by atoms with Crippen molar-refractivity contribution in [1.29, 1.82) is 0 Å². The molecular weight excluding hydrogens is 915 g/mol. The van der Waals surface area contributed by atoms with Crippen LogP contribution in [-0.4, -0.2) is 245 Å². The first-order valence-electron chi connectivity index (χ1n) is 30.4. The molecule has 0 amide bonds. The Balaban J connectivity index is 0.000000185. The van der Waals surface area contributed by atoms with Crippen molar-refractivity contribution < 1.29 is 28.4 Å². The van der Waals surface area contributed by atoms with Crippen molar-refractivity contribution in [3.63, 3.8) is 0 Å². The first-order chi connectivity index (χ1) is 34.7. The SMILES string of the molecule is CC(C)N1C2CCC1COC2.CC(C)N1CC2CCC(C1)O2.CC(C)N1CC2COCC2C1.CC(C)N1CCOCC1.CC1CCN(C(C)C)C1.COC1CCN(C(C)C)CC1.COC1CN(C(C)C)CC1C. The number of ether oxygens (including phenoxy) is 6. The van der Waals surface area contributed by atoms with Crippen molar-refractivity contribution in [3.8, 4) is 0 Å². The molecule has 13 nitrogen and oxygen atoms in total. The van der Waals surface area contributed by atoms with Gasteiger partial charge in [-0.2, -0.15) is 0 Å². The molecule has 10 fully saturated rings. The molecule has 9 atom stereocenters. The average molecular weight is 1040 g/mol. The van der Waals surface area contributed by atoms with Crippen LogP contribution in [0.3, 0.4) is 0 Å². The highest BCUT2D eigenvalue weighted by atomic mass is 16.5. The Morgan fingerprint density at radius 1 is 0.384 bits per heavy atom. The van der Waals surface area contributed by atoms with Gasteiger partial charge in [0.25, 0.3) is 0 Å². The van der Waals surface area contributed by atoms with E-state index in [1.807, 2.05) is 14.2 Å². The Morgan fingerprint density at radius 2 is 0.822 bits per heavy atom. The van der Waals surface area contributed by atoms with Gasteiger partial charge < -0.3 is 43.1 Å². The molecule has 13 heteroatoms. The first-order valence-corrected chi connectivity index (χ1v) is 30.4. The lowest BCUT2D eigenvalue weighted by Crippen LogP contribution is -2.49. The smallest absolute Gasteiger partial charge is 0.0735 e. The fraction of sp³-hybridized carbons (Fsp3) is 1.00. The molecule has 0 aromatic rings. The Bertz CT molecular complexity index is 1350. The van der Waals surface area contributed by atoms with Crippen LogP contribution in [0.4, 0.5) is 0 Å². The molecule has 0 aromatic carbocycles. The number of fused-ring (bicyclic) bond motifs is 5. The van der Waals surface area contributed by atoms with Gasteiger partial charge in [0.15, 0.2) is 0 Å². The summed E-state index contributed by atoms with van der Waals surface area (Å²) in [4.78, 5) is 17.7. The molecule has 0 spiro atoms. The van der Waals surface area contributed by atoms with Crippen LogP contribution in [0.15, 0.2) is 0 Å². The maximum Gasteiger partial charge on any atom is 0.0735 e. The zero-order valence-electron chi connectivity index (χ0n) is 51.1. The lowest BCUT2D eigenvalue weighted by atomic mass is 10.0. The monoisotopic (exact) mass is 1040 g/mol. The standard InChI is InChI=1S/3C9H17NO.2C9H19NO.C8H17N.C7H15NO/c1-7(2)10-3-8-5-11-6-9(8)4-10;1-7(2)10-8-3-4-9(10)6-11-5-8;1-7(2)10-5-8-3-4-9(6-10)11-8;1-7(2)10-5-8(3)9(6-10)11-4;1-8(2)10-6-4-9(11-3)5-7-10;1-7(2)9-5-4-8(3)6-9;1-7(2)8-3-5-9-6-4-8/h3*7-9H,3-6H2,1-2H3;7-9H,5-6H2,1-4H3;8-9H,4-7H2,1-3H3;7-8H,4-6H2,1-3H3;7H,3-6H2,1-2H3. The van der Waals surface area contributed by atoms with Crippen molar-refractivity contribution >= 4 is 0 Å². The highest BCUT2D eigenvalue weighted by molar-refractivity contribution is 4.93. The van der Waals surface area contributed by atoms with Crippen LogP contribution in [-0.2, 0) is 28.4 Å². The normalized spacial score (nSPS) is 32.4. The van der Waals surface area contributed by atoms with Crippen molar-refractivity contribution in [3.05, 3.63) is 0 Å². The topological polar surface area (TPSA) is 78.1 Å². The number of piperidine rings is 1. The molecule has 4 bridgehead atoms. The van der Waals surface area contributed by atoms with Gasteiger partial charge in [-0.1, -0.05) is 13.8 Å². The van der Waals surface area contributed by atoms with Crippen LogP contribution >= 0.6 is 0 Å². The highest BCUT2D eigenvalue weighted by Gasteiger charge is 2.39. The van der Waals surface area contributed by atoms with Crippen molar-refractivity contribution in [2.45, 2.75) is 235 Å². The minimum Gasteiger partial charge on any atom is -0.381 e. The average Bonchev–Trinajstić information content (AvgIpc) is 4.24. The summed E-state index contributed by atoms with van der Waals surface area (Å²) in [5.74, 6) is 3.32. The van der Waals surface area contributed by atoms with Gasteiger partial charge >= 0.3 is 0 Å². The molecule has 10 aliphatic heterocycles. The third-order valence-corrected chi connectivity index (χ3v) is 17.8. The van der Waals surface area contributed by atoms with Gasteiger partial charge in [-0.15, -0.1) is 0 Å². The second kappa shape index (κ2) is 33.8. The van der Waals surface area contributed by atoms with E-state index in [0.717, 1.165) is 114 Å². The van der Waals surface area contributed by atoms with E-state index in [2.05, 4.69) is 145 Å². The molecule has 10 saturated heterocycles. The zero-order valence-corrected chi connectivity index (χ0v) is 51.1. The summed E-state index contributed by atoms with van der Waals surface area (Å²) >= 11 is 0. The molecule has 10 aliphatic rings. The molecule has 10 heterocycles. The fourth-order valence-corrected chi connectivity index (χ4v) is 12.6. The van der Waals surface area contributed by atoms with Crippen LogP contribution < -0.4 is 0 Å². The van der Waals surface area contributed by atoms with E-state index >= 15 is 0 Å². The number of methoxy groups -OCH3 is 2. The summed E-state index contributed by atoms with van der Waals surface area (Å²) in [5.41, 5.74) is 0. The largest absolute Gasteiger partial charge is 0.381 e. The number of hydrogen-bond donors (Lipinski definition) is 0. The maximum atomic E-state index is 5.74. The van der Waals surface area contributed by atoms with Gasteiger partial charge in [0.05, 0.1) is 64.1 Å². The second-order valence-electron chi connectivity index (χ2n) is 25.7. The van der Waals surface area contributed by atoms with Gasteiger partial charge in [0.2, 0.25) is 0 Å². The Hall–Kier alpha value is -0.520. The second-order valence-corrected chi connectivity index (χ2v) is 25.7. The van der Waals surface area contributed by atoms with Crippen molar-refractivity contribution in [1.82, 2.24) is 34.3 Å². The number of nitrogens with zero attached hydrogens (tertiary/aromatic N) is 7. The van der Waals surface area contributed by atoms with Crippen LogP contribution in [0, 0.1) is 23.7 Å². The maximum absolute atomic E-state index is 5.74. The van der Waals surface area contributed by atoms with E-state index in [0.29, 0.717) is 60.5 Å². The number of likely N-dealkylation sites (tertiary alicyclic amines) is 5. The summed E-state index contributed by atoms with van der Waals surface area (Å²) in [6.45, 7) is 56.5. The summed E-state index contributed by atoms with van der Waals surface area (Å²) in [6, 6.07) is 6.40. The molecule has 0 aromatic heterocycles. The highest BCUT2D eigenvalue weighted by Crippen LogP contribution is 2.32. The predicted octanol–water partition coefficient (Wildman–Crippen LogP) is 8.82. The Kier molecular flexibility index (Phi) is 30.1. The summed E-state index contributed by atoms with van der Waals surface area (Å²) < 4.78 is 32.5. The van der Waals surface area contributed by atoms with E-state index in [1.165, 1.54) is 90.8 Å². The minimum absolute atomic E-state index is 0.456. The molecule has 432 valence electrons. The van der Waals surface area contributed by atoms with Crippen molar-refractivity contribution in [2.24, 2.45) is 23.7 Å². The first kappa shape index (κ1) is 65.0. The van der Waals surface area contributed by atoms with E-state index in [9.17, 15) is 0 Å². The summed E-state index contributed by atoms with van der Waals surface area (Å²) in [7, 11) is 3.63. The molecule has 10 rings (SSSR count). The lowest BCUT2D eigenvalue weighted by Gasteiger charge is -2.37. The number of rotatable bonds is 9. The molecule has 0 N–H and O–H groups in total. The van der Waals surface area contributed by atoms with Crippen LogP contribution in [0.2, 0.25) is 0 Å². The summed E-state index contributed by atoms with van der Waals surface area (Å²) in [6.07, 6.45) is 11.2. The van der Waals surface area contributed by atoms with Gasteiger partial charge in [0.1, 0.15) is 0 Å². The van der Waals surface area contributed by atoms with E-state index in [1.54, 1.807) is 0 Å². The van der Waals surface area contributed by atoms with Gasteiger partial charge in [-0.25, -0.2) is 0 Å². The minimum atomic E-state index is 0.456. The molecule has 9 unspecified atom stereocenters. The quantitative estimate of drug-likeness (QED) is 0.221. The molecule has 0 radical (unpaired) electrons. The molecule has 0 aliphatic carbocycles. The van der Waals surface area contributed by atoms with Crippen LogP contribution in [0.1, 0.15) is 156 Å². The predicted molar refractivity (Wildman–Crippen MR) is 305 cm³/mol. The van der Waals surface area contributed by atoms with Crippen LogP contribution in [0.25, 0.3) is 0 Å². The van der Waals surface area contributed by atoms with Gasteiger partial charge in [0, 0.05) is 152 Å². The molecule has 0 saturated carbocycles. The lowest BCUT2D eigenvalue weighted by molar-refractivity contribution is -0.0480. The van der Waals surface area contributed by atoms with Crippen molar-refractivity contribution in [2.75, 3.05) is 132 Å². The zero-order chi connectivity index (χ0) is 53.8. The third-order valence-electron chi connectivity index (χ3n) is 17.8. The Labute approximate surface area is 451 Å². The third kappa shape index (κ3) is 22.3. The summed E-state index contributed by atoms with van der Waals surface area (Å²) in [5, 5.41) is 0. The van der Waals surface area contributed by atoms with E-state index in [4.69, 9.17) is 28.4 Å². The van der Waals surface area contributed by atoms with Gasteiger partial charge in [-0.05, 0) is 160 Å². The van der Waals surface area contributed by atoms with E-state index in [-0.39, 0.29) is 0 Å². The molecule has 73 heavy (non-hydrogen) atoms. The number of morpholine rings is 3. The van der Waals surface area contributed by atoms with Crippen LogP contribution in [0.5, 0.6) is 0 Å². The number of hydrogen-bond acceptors (Lipinski definition) is 13. The fourth-order valence-electron chi connectivity index (χ4n) is 12.6. The Morgan fingerprint density at radius 3 is 1.18 bits per heavy atom. The van der Waals surface area contributed by atoms with Gasteiger partial charge in [-0.3, -0.25) is 19.6 Å². The van der Waals surface area contributed by atoms with E-state index < -0.39 is 0 Å².